The van der Waals surface area contributed by atoms with Gasteiger partial charge in [-0.2, -0.15) is 0 Å². The molecule has 5 heteroatoms. The number of amides is 1. The van der Waals surface area contributed by atoms with Crippen molar-refractivity contribution in [3.63, 3.8) is 0 Å². The Morgan fingerprint density at radius 3 is 2.95 bits per heavy atom. The van der Waals surface area contributed by atoms with Gasteiger partial charge in [0.15, 0.2) is 0 Å². The summed E-state index contributed by atoms with van der Waals surface area (Å²) in [5.74, 6) is 0.886. The van der Waals surface area contributed by atoms with Gasteiger partial charge in [-0.1, -0.05) is 18.2 Å². The molecule has 0 bridgehead atoms. The van der Waals surface area contributed by atoms with E-state index in [-0.39, 0.29) is 18.3 Å². The molecule has 0 spiro atoms. The number of ether oxygens (including phenoxy) is 1. The maximum atomic E-state index is 12.2. The zero-order valence-electron chi connectivity index (χ0n) is 12.4. The molecular weight excluding hydrogens is 288 g/mol. The molecule has 1 saturated heterocycles. The van der Waals surface area contributed by atoms with E-state index < -0.39 is 0 Å². The van der Waals surface area contributed by atoms with E-state index in [1.54, 1.807) is 6.08 Å². The van der Waals surface area contributed by atoms with Gasteiger partial charge >= 0.3 is 0 Å². The molecule has 116 valence electrons. The predicted molar refractivity (Wildman–Crippen MR) is 88.0 cm³/mol. The second kappa shape index (κ2) is 9.42. The highest BCUT2D eigenvalue weighted by Crippen LogP contribution is 2.19. The zero-order chi connectivity index (χ0) is 14.2. The number of hydrogen-bond donors (Lipinski definition) is 1. The molecule has 1 N–H and O–H groups in total. The lowest BCUT2D eigenvalue weighted by Gasteiger charge is -2.17. The van der Waals surface area contributed by atoms with Gasteiger partial charge < -0.3 is 15.0 Å². The van der Waals surface area contributed by atoms with Crippen LogP contribution in [0.25, 0.3) is 6.08 Å². The second-order valence-electron chi connectivity index (χ2n) is 4.73. The zero-order valence-corrected chi connectivity index (χ0v) is 13.2. The molecule has 2 rings (SSSR count). The third kappa shape index (κ3) is 5.40. The Labute approximate surface area is 132 Å². The molecule has 1 fully saturated rings. The van der Waals surface area contributed by atoms with Crippen molar-refractivity contribution >= 4 is 24.4 Å². The second-order valence-corrected chi connectivity index (χ2v) is 4.73. The monoisotopic (exact) mass is 310 g/mol. The molecule has 1 aliphatic rings. The van der Waals surface area contributed by atoms with Crippen LogP contribution in [0.4, 0.5) is 0 Å². The smallest absolute Gasteiger partial charge is 0.246 e. The summed E-state index contributed by atoms with van der Waals surface area (Å²) in [6, 6.07) is 7.76. The summed E-state index contributed by atoms with van der Waals surface area (Å²) in [6.45, 7) is 6.03. The molecule has 0 aliphatic carbocycles. The van der Waals surface area contributed by atoms with Crippen molar-refractivity contribution in [2.24, 2.45) is 0 Å². The van der Waals surface area contributed by atoms with Crippen molar-refractivity contribution in [1.82, 2.24) is 10.2 Å². The number of halogens is 1. The molecule has 1 aromatic carbocycles. The number of hydrogen-bond acceptors (Lipinski definition) is 3. The summed E-state index contributed by atoms with van der Waals surface area (Å²) in [7, 11) is 0. The van der Waals surface area contributed by atoms with Crippen LogP contribution in [0.5, 0.6) is 5.75 Å². The lowest BCUT2D eigenvalue weighted by molar-refractivity contribution is -0.125. The highest BCUT2D eigenvalue weighted by Gasteiger charge is 2.12. The summed E-state index contributed by atoms with van der Waals surface area (Å²) in [4.78, 5) is 14.1. The maximum absolute atomic E-state index is 12.2. The van der Waals surface area contributed by atoms with E-state index in [4.69, 9.17) is 4.74 Å². The molecule has 21 heavy (non-hydrogen) atoms. The van der Waals surface area contributed by atoms with Gasteiger partial charge in [0.2, 0.25) is 5.91 Å². The van der Waals surface area contributed by atoms with Crippen molar-refractivity contribution in [3.8, 4) is 5.75 Å². The minimum Gasteiger partial charge on any atom is -0.493 e. The molecule has 1 amide bonds. The number of nitrogens with one attached hydrogen (secondary N) is 1. The third-order valence-electron chi connectivity index (χ3n) is 3.28. The lowest BCUT2D eigenvalue weighted by atomic mass is 10.2. The number of nitrogens with zero attached hydrogens (tertiary/aromatic N) is 1. The fraction of sp³-hybridized carbons (Fsp3) is 0.438. The number of benzene rings is 1. The van der Waals surface area contributed by atoms with Gasteiger partial charge in [-0.15, -0.1) is 12.4 Å². The Morgan fingerprint density at radius 2 is 2.14 bits per heavy atom. The predicted octanol–water partition coefficient (Wildman–Crippen LogP) is 2.34. The number of carbonyl (C=O) groups excluding carboxylic acids is 1. The van der Waals surface area contributed by atoms with Gasteiger partial charge in [0.05, 0.1) is 6.61 Å². The molecule has 0 radical (unpaired) electrons. The van der Waals surface area contributed by atoms with E-state index >= 15 is 0 Å². The summed E-state index contributed by atoms with van der Waals surface area (Å²) in [5, 5.41) is 3.29. The first-order chi connectivity index (χ1) is 9.81. The SMILES string of the molecule is CCOc1ccccc1C=CC(=O)N1CCCNCC1.Cl. The molecule has 0 aromatic heterocycles. The van der Waals surface area contributed by atoms with Crippen molar-refractivity contribution in [2.75, 3.05) is 32.8 Å². The quantitative estimate of drug-likeness (QED) is 0.868. The van der Waals surface area contributed by atoms with Crippen LogP contribution >= 0.6 is 12.4 Å². The molecular formula is C16H23ClN2O2. The fourth-order valence-electron chi connectivity index (χ4n) is 2.24. The standard InChI is InChI=1S/C16H22N2O2.ClH/c1-2-20-15-7-4-3-6-14(15)8-9-16(19)18-12-5-10-17-11-13-18;/h3-4,6-9,17H,2,5,10-13H2,1H3;1H. The molecule has 4 nitrogen and oxygen atoms in total. The Hall–Kier alpha value is -1.52. The highest BCUT2D eigenvalue weighted by atomic mass is 35.5. The average Bonchev–Trinajstić information content (AvgIpc) is 2.75. The van der Waals surface area contributed by atoms with Crippen LogP contribution in [0.15, 0.2) is 30.3 Å². The minimum atomic E-state index is 0. The van der Waals surface area contributed by atoms with E-state index in [0.717, 1.165) is 43.9 Å². The first-order valence-corrected chi connectivity index (χ1v) is 7.21. The first kappa shape index (κ1) is 17.5. The first-order valence-electron chi connectivity index (χ1n) is 7.21. The molecule has 0 unspecified atom stereocenters. The largest absolute Gasteiger partial charge is 0.493 e. The van der Waals surface area contributed by atoms with Gasteiger partial charge in [0.25, 0.3) is 0 Å². The van der Waals surface area contributed by atoms with Crippen molar-refractivity contribution < 1.29 is 9.53 Å². The van der Waals surface area contributed by atoms with E-state index in [2.05, 4.69) is 5.32 Å². The topological polar surface area (TPSA) is 41.6 Å². The molecule has 0 atom stereocenters. The van der Waals surface area contributed by atoms with Crippen LogP contribution in [0.3, 0.4) is 0 Å². The van der Waals surface area contributed by atoms with Gasteiger partial charge in [0.1, 0.15) is 5.75 Å². The molecule has 1 aromatic rings. The number of para-hydroxylation sites is 1. The van der Waals surface area contributed by atoms with Crippen LogP contribution < -0.4 is 10.1 Å². The Morgan fingerprint density at radius 1 is 1.33 bits per heavy atom. The van der Waals surface area contributed by atoms with E-state index in [0.29, 0.717) is 6.61 Å². The van der Waals surface area contributed by atoms with Crippen LogP contribution in [-0.4, -0.2) is 43.6 Å². The summed E-state index contributed by atoms with van der Waals surface area (Å²) in [6.07, 6.45) is 4.49. The lowest BCUT2D eigenvalue weighted by Crippen LogP contribution is -2.32. The minimum absolute atomic E-state index is 0. The Bertz CT molecular complexity index is 469. The van der Waals surface area contributed by atoms with Crippen LogP contribution in [0, 0.1) is 0 Å². The van der Waals surface area contributed by atoms with Gasteiger partial charge in [-0.25, -0.2) is 0 Å². The molecule has 1 heterocycles. The van der Waals surface area contributed by atoms with Gasteiger partial charge in [-0.3, -0.25) is 4.79 Å². The van der Waals surface area contributed by atoms with Gasteiger partial charge in [-0.05, 0) is 32.0 Å². The number of carbonyl (C=O) groups is 1. The van der Waals surface area contributed by atoms with Crippen molar-refractivity contribution in [2.45, 2.75) is 13.3 Å². The highest BCUT2D eigenvalue weighted by molar-refractivity contribution is 5.92. The third-order valence-corrected chi connectivity index (χ3v) is 3.28. The molecule has 1 aliphatic heterocycles. The fourth-order valence-corrected chi connectivity index (χ4v) is 2.24. The van der Waals surface area contributed by atoms with Crippen molar-refractivity contribution in [1.29, 1.82) is 0 Å². The normalized spacial score (nSPS) is 15.4. The summed E-state index contributed by atoms with van der Waals surface area (Å²) in [5.41, 5.74) is 0.940. The van der Waals surface area contributed by atoms with Gasteiger partial charge in [0, 0.05) is 31.3 Å². The van der Waals surface area contributed by atoms with Crippen LogP contribution in [0.1, 0.15) is 18.9 Å². The van der Waals surface area contributed by atoms with E-state index in [1.807, 2.05) is 42.2 Å². The van der Waals surface area contributed by atoms with Crippen LogP contribution in [-0.2, 0) is 4.79 Å². The Balaban J connectivity index is 0.00000220. The molecule has 0 saturated carbocycles. The van der Waals surface area contributed by atoms with E-state index in [1.165, 1.54) is 0 Å². The average molecular weight is 311 g/mol. The summed E-state index contributed by atoms with van der Waals surface area (Å²) < 4.78 is 5.55. The van der Waals surface area contributed by atoms with Crippen LogP contribution in [0.2, 0.25) is 0 Å². The van der Waals surface area contributed by atoms with Crippen molar-refractivity contribution in [3.05, 3.63) is 35.9 Å². The maximum Gasteiger partial charge on any atom is 0.246 e. The number of rotatable bonds is 4. The summed E-state index contributed by atoms with van der Waals surface area (Å²) >= 11 is 0. The van der Waals surface area contributed by atoms with E-state index in [9.17, 15) is 4.79 Å². The Kier molecular flexibility index (Phi) is 7.87.